The van der Waals surface area contributed by atoms with Gasteiger partial charge in [0, 0.05) is 38.4 Å². The Morgan fingerprint density at radius 1 is 1.43 bits per heavy atom. The minimum Gasteiger partial charge on any atom is -0.388 e. The molecule has 1 rings (SSSR count). The molecule has 0 radical (unpaired) electrons. The number of nitrogens with one attached hydrogen (secondary N) is 2. The molecule has 0 aliphatic carbocycles. The van der Waals surface area contributed by atoms with Crippen LogP contribution in [0.15, 0.2) is 12.3 Å². The molecule has 1 heterocycles. The van der Waals surface area contributed by atoms with E-state index in [4.69, 9.17) is 10.00 Å². The summed E-state index contributed by atoms with van der Waals surface area (Å²) in [6, 6.07) is 3.25. The number of carbonyl (C=O) groups excluding carboxylic acids is 1. The highest BCUT2D eigenvalue weighted by atomic mass is 16.5. The van der Waals surface area contributed by atoms with Crippen LogP contribution in [-0.4, -0.2) is 41.6 Å². The van der Waals surface area contributed by atoms with E-state index in [2.05, 4.69) is 16.7 Å². The summed E-state index contributed by atoms with van der Waals surface area (Å²) < 4.78 is 6.75. The summed E-state index contributed by atoms with van der Waals surface area (Å²) in [5.41, 5.74) is -0.846. The van der Waals surface area contributed by atoms with E-state index in [-0.39, 0.29) is 12.1 Å². The third kappa shape index (κ3) is 5.93. The van der Waals surface area contributed by atoms with Gasteiger partial charge < -0.3 is 19.7 Å². The quantitative estimate of drug-likeness (QED) is 0.746. The molecular formula is C16H26N4O3. The van der Waals surface area contributed by atoms with Crippen LogP contribution in [0.25, 0.3) is 0 Å². The SMILES string of the molecule is COCC[C@](C)(O)CNC(=O)Nc1cc(C#N)cn1C(C)(C)C. The predicted octanol–water partition coefficient (Wildman–Crippen LogP) is 2.02. The van der Waals surface area contributed by atoms with E-state index < -0.39 is 11.6 Å². The fourth-order valence-corrected chi connectivity index (χ4v) is 2.02. The van der Waals surface area contributed by atoms with Gasteiger partial charge in [0.2, 0.25) is 0 Å². The Morgan fingerprint density at radius 3 is 2.61 bits per heavy atom. The number of anilines is 1. The first-order valence-electron chi connectivity index (χ1n) is 7.48. The number of carbonyl (C=O) groups is 1. The average molecular weight is 322 g/mol. The van der Waals surface area contributed by atoms with E-state index in [9.17, 15) is 9.90 Å². The molecule has 0 saturated heterocycles. The molecule has 1 aromatic rings. The van der Waals surface area contributed by atoms with Gasteiger partial charge in [0.15, 0.2) is 0 Å². The summed E-state index contributed by atoms with van der Waals surface area (Å²) in [4.78, 5) is 12.0. The summed E-state index contributed by atoms with van der Waals surface area (Å²) in [6.07, 6.45) is 2.12. The number of aliphatic hydroxyl groups is 1. The number of amides is 2. The summed E-state index contributed by atoms with van der Waals surface area (Å²) >= 11 is 0. The summed E-state index contributed by atoms with van der Waals surface area (Å²) in [6.45, 7) is 8.09. The number of hydrogen-bond donors (Lipinski definition) is 3. The molecule has 0 aliphatic heterocycles. The maximum absolute atomic E-state index is 12.0. The fourth-order valence-electron chi connectivity index (χ4n) is 2.02. The van der Waals surface area contributed by atoms with Crippen molar-refractivity contribution in [2.75, 3.05) is 25.6 Å². The van der Waals surface area contributed by atoms with Gasteiger partial charge in [-0.15, -0.1) is 0 Å². The first-order chi connectivity index (χ1) is 10.6. The molecule has 2 amide bonds. The Balaban J connectivity index is 2.71. The van der Waals surface area contributed by atoms with Crippen molar-refractivity contribution in [3.05, 3.63) is 17.8 Å². The average Bonchev–Trinajstić information content (AvgIpc) is 2.86. The van der Waals surface area contributed by atoms with Crippen LogP contribution in [0.1, 0.15) is 39.7 Å². The normalized spacial score (nSPS) is 14.0. The molecule has 7 nitrogen and oxygen atoms in total. The van der Waals surface area contributed by atoms with Gasteiger partial charge >= 0.3 is 6.03 Å². The Hall–Kier alpha value is -2.04. The van der Waals surface area contributed by atoms with Gasteiger partial charge in [0.05, 0.1) is 11.2 Å². The first kappa shape index (κ1) is 19.0. The minimum absolute atomic E-state index is 0.101. The number of aromatic nitrogens is 1. The lowest BCUT2D eigenvalue weighted by atomic mass is 10.0. The van der Waals surface area contributed by atoms with E-state index in [1.165, 1.54) is 0 Å². The van der Waals surface area contributed by atoms with Crippen LogP contribution < -0.4 is 10.6 Å². The van der Waals surface area contributed by atoms with E-state index in [0.717, 1.165) is 0 Å². The van der Waals surface area contributed by atoms with Crippen LogP contribution in [0.4, 0.5) is 10.6 Å². The van der Waals surface area contributed by atoms with Crippen LogP contribution in [0.3, 0.4) is 0 Å². The van der Waals surface area contributed by atoms with Crippen molar-refractivity contribution >= 4 is 11.8 Å². The zero-order chi connectivity index (χ0) is 17.7. The number of rotatable bonds is 6. The van der Waals surface area contributed by atoms with Crippen molar-refractivity contribution in [3.8, 4) is 6.07 Å². The van der Waals surface area contributed by atoms with Gasteiger partial charge in [-0.3, -0.25) is 5.32 Å². The van der Waals surface area contributed by atoms with E-state index in [1.807, 2.05) is 25.3 Å². The third-order valence-electron chi connectivity index (χ3n) is 3.39. The fraction of sp³-hybridized carbons (Fsp3) is 0.625. The zero-order valence-electron chi connectivity index (χ0n) is 14.4. The number of nitriles is 1. The Kier molecular flexibility index (Phi) is 6.19. The Labute approximate surface area is 137 Å². The minimum atomic E-state index is -1.04. The molecule has 0 fully saturated rings. The van der Waals surface area contributed by atoms with E-state index in [1.54, 1.807) is 26.3 Å². The van der Waals surface area contributed by atoms with Crippen LogP contribution >= 0.6 is 0 Å². The Morgan fingerprint density at radius 2 is 2.09 bits per heavy atom. The van der Waals surface area contributed by atoms with Gasteiger partial charge in [-0.25, -0.2) is 4.79 Å². The van der Waals surface area contributed by atoms with Crippen molar-refractivity contribution in [3.63, 3.8) is 0 Å². The second kappa shape index (κ2) is 7.49. The summed E-state index contributed by atoms with van der Waals surface area (Å²) in [7, 11) is 1.56. The molecule has 0 aliphatic rings. The summed E-state index contributed by atoms with van der Waals surface area (Å²) in [5, 5.41) is 24.5. The zero-order valence-corrected chi connectivity index (χ0v) is 14.4. The molecule has 1 atom stereocenters. The van der Waals surface area contributed by atoms with Crippen molar-refractivity contribution in [2.45, 2.75) is 45.3 Å². The standard InChI is InChI=1S/C16H26N4O3/c1-15(2,3)20-10-12(9-17)8-13(20)19-14(21)18-11-16(4,22)6-7-23-5/h8,10,22H,6-7,11H2,1-5H3,(H2,18,19,21)/t16-/m0/s1. The van der Waals surface area contributed by atoms with Crippen molar-refractivity contribution in [1.29, 1.82) is 5.26 Å². The predicted molar refractivity (Wildman–Crippen MR) is 88.3 cm³/mol. The molecular weight excluding hydrogens is 296 g/mol. The van der Waals surface area contributed by atoms with Crippen LogP contribution in [0.2, 0.25) is 0 Å². The smallest absolute Gasteiger partial charge is 0.320 e. The van der Waals surface area contributed by atoms with Gasteiger partial charge in [0.1, 0.15) is 11.9 Å². The number of methoxy groups -OCH3 is 1. The maximum Gasteiger partial charge on any atom is 0.320 e. The second-order valence-electron chi connectivity index (χ2n) is 6.81. The highest BCUT2D eigenvalue weighted by Crippen LogP contribution is 2.23. The molecule has 0 spiro atoms. The third-order valence-corrected chi connectivity index (χ3v) is 3.39. The second-order valence-corrected chi connectivity index (χ2v) is 6.81. The molecule has 0 bridgehead atoms. The lowest BCUT2D eigenvalue weighted by Gasteiger charge is -2.25. The lowest BCUT2D eigenvalue weighted by molar-refractivity contribution is 0.0273. The Bertz CT molecular complexity index is 579. The van der Waals surface area contributed by atoms with Crippen molar-refractivity contribution in [1.82, 2.24) is 9.88 Å². The van der Waals surface area contributed by atoms with Crippen molar-refractivity contribution < 1.29 is 14.6 Å². The molecule has 1 aromatic heterocycles. The lowest BCUT2D eigenvalue weighted by Crippen LogP contribution is -2.43. The molecule has 23 heavy (non-hydrogen) atoms. The molecule has 128 valence electrons. The van der Waals surface area contributed by atoms with Gasteiger partial charge in [0.25, 0.3) is 0 Å². The van der Waals surface area contributed by atoms with Gasteiger partial charge in [-0.1, -0.05) is 0 Å². The number of nitrogens with zero attached hydrogens (tertiary/aromatic N) is 2. The molecule has 0 unspecified atom stereocenters. The van der Waals surface area contributed by atoms with E-state index >= 15 is 0 Å². The number of ether oxygens (including phenoxy) is 1. The summed E-state index contributed by atoms with van der Waals surface area (Å²) in [5.74, 6) is 0.531. The largest absolute Gasteiger partial charge is 0.388 e. The van der Waals surface area contributed by atoms with Crippen LogP contribution in [0, 0.1) is 11.3 Å². The highest BCUT2D eigenvalue weighted by molar-refractivity contribution is 5.88. The van der Waals surface area contributed by atoms with Crippen LogP contribution in [-0.2, 0) is 10.3 Å². The topological polar surface area (TPSA) is 99.3 Å². The number of urea groups is 1. The first-order valence-corrected chi connectivity index (χ1v) is 7.48. The monoisotopic (exact) mass is 322 g/mol. The van der Waals surface area contributed by atoms with Gasteiger partial charge in [-0.2, -0.15) is 5.26 Å². The molecule has 0 saturated carbocycles. The maximum atomic E-state index is 12.0. The van der Waals surface area contributed by atoms with Gasteiger partial charge in [-0.05, 0) is 33.8 Å². The highest BCUT2D eigenvalue weighted by Gasteiger charge is 2.22. The number of hydrogen-bond acceptors (Lipinski definition) is 4. The molecule has 3 N–H and O–H groups in total. The van der Waals surface area contributed by atoms with Crippen molar-refractivity contribution in [2.24, 2.45) is 0 Å². The molecule has 0 aromatic carbocycles. The molecule has 7 heteroatoms. The van der Waals surface area contributed by atoms with Crippen LogP contribution in [0.5, 0.6) is 0 Å². The van der Waals surface area contributed by atoms with E-state index in [0.29, 0.717) is 24.4 Å².